The molecular formula is C24H22N6O4. The predicted molar refractivity (Wildman–Crippen MR) is 122 cm³/mol. The number of aliphatic hydroxyl groups is 1. The van der Waals surface area contributed by atoms with E-state index in [-0.39, 0.29) is 17.9 Å². The molecule has 0 radical (unpaired) electrons. The van der Waals surface area contributed by atoms with Crippen LogP contribution in [0.2, 0.25) is 0 Å². The number of nitrogens with two attached hydrogens (primary N) is 1. The smallest absolute Gasteiger partial charge is 0.267 e. The highest BCUT2D eigenvalue weighted by Crippen LogP contribution is 2.35. The van der Waals surface area contributed by atoms with Gasteiger partial charge in [-0.2, -0.15) is 5.10 Å². The zero-order valence-corrected chi connectivity index (χ0v) is 18.6. The van der Waals surface area contributed by atoms with Crippen LogP contribution >= 0.6 is 0 Å². The lowest BCUT2D eigenvalue weighted by molar-refractivity contribution is -0.144. The van der Waals surface area contributed by atoms with Gasteiger partial charge in [0, 0.05) is 56.0 Å². The number of rotatable bonds is 5. The lowest BCUT2D eigenvalue weighted by Crippen LogP contribution is -2.35. The Balaban J connectivity index is 1.54. The molecular weight excluding hydrogens is 436 g/mol. The zero-order valence-electron chi connectivity index (χ0n) is 18.6. The number of primary amides is 1. The van der Waals surface area contributed by atoms with Gasteiger partial charge in [0.2, 0.25) is 5.60 Å². The number of benzene rings is 1. The molecule has 10 heteroatoms. The van der Waals surface area contributed by atoms with Crippen molar-refractivity contribution >= 4 is 11.8 Å². The van der Waals surface area contributed by atoms with Crippen molar-refractivity contribution in [3.05, 3.63) is 66.2 Å². The van der Waals surface area contributed by atoms with Crippen LogP contribution in [0.1, 0.15) is 22.7 Å². The Morgan fingerprint density at radius 3 is 2.50 bits per heavy atom. The third-order valence-corrected chi connectivity index (χ3v) is 6.08. The number of hydrogen-bond donors (Lipinski definition) is 2. The summed E-state index contributed by atoms with van der Waals surface area (Å²) in [6.45, 7) is 0.432. The summed E-state index contributed by atoms with van der Waals surface area (Å²) in [5, 5.41) is 19.1. The molecule has 5 rings (SSSR count). The summed E-state index contributed by atoms with van der Waals surface area (Å²) in [5.41, 5.74) is 7.94. The number of nitrogens with zero attached hydrogens (tertiary/aromatic N) is 5. The maximum absolute atomic E-state index is 12.4. The number of aryl methyl sites for hydroxylation is 1. The molecule has 10 nitrogen and oxygen atoms in total. The molecule has 4 heterocycles. The number of carbonyl (C=O) groups excluding carboxylic acids is 2. The first kappa shape index (κ1) is 21.5. The van der Waals surface area contributed by atoms with Crippen molar-refractivity contribution < 1.29 is 19.2 Å². The number of hydrogen-bond acceptors (Lipinski definition) is 7. The van der Waals surface area contributed by atoms with E-state index in [1.54, 1.807) is 30.1 Å². The fourth-order valence-electron chi connectivity index (χ4n) is 4.14. The molecule has 34 heavy (non-hydrogen) atoms. The van der Waals surface area contributed by atoms with Crippen molar-refractivity contribution in [2.24, 2.45) is 12.8 Å². The van der Waals surface area contributed by atoms with Gasteiger partial charge in [-0.15, -0.1) is 0 Å². The highest BCUT2D eigenvalue weighted by atomic mass is 16.5. The number of carbonyl (C=O) groups is 2. The zero-order chi connectivity index (χ0) is 24.0. The van der Waals surface area contributed by atoms with E-state index < -0.39 is 17.4 Å². The van der Waals surface area contributed by atoms with Gasteiger partial charge in [-0.05, 0) is 24.3 Å². The molecule has 3 N–H and O–H groups in total. The summed E-state index contributed by atoms with van der Waals surface area (Å²) in [5.74, 6) is -0.948. The molecule has 1 aromatic carbocycles. The summed E-state index contributed by atoms with van der Waals surface area (Å²) in [6.07, 6.45) is 1.90. The summed E-state index contributed by atoms with van der Waals surface area (Å²) in [4.78, 5) is 30.2. The lowest BCUT2D eigenvalue weighted by atomic mass is 9.97. The van der Waals surface area contributed by atoms with E-state index in [0.29, 0.717) is 23.5 Å². The van der Waals surface area contributed by atoms with E-state index >= 15 is 0 Å². The third kappa shape index (κ3) is 3.54. The van der Waals surface area contributed by atoms with E-state index in [9.17, 15) is 14.7 Å². The van der Waals surface area contributed by atoms with Crippen LogP contribution in [0.15, 0.2) is 59.3 Å². The van der Waals surface area contributed by atoms with Crippen LogP contribution in [0.4, 0.5) is 0 Å². The molecule has 0 aliphatic carbocycles. The van der Waals surface area contributed by atoms with Crippen molar-refractivity contribution in [1.82, 2.24) is 24.8 Å². The van der Waals surface area contributed by atoms with Crippen molar-refractivity contribution in [3.8, 4) is 33.8 Å². The average molecular weight is 458 g/mol. The average Bonchev–Trinajstić information content (AvgIpc) is 3.56. The van der Waals surface area contributed by atoms with Gasteiger partial charge in [0.25, 0.3) is 11.8 Å². The van der Waals surface area contributed by atoms with Gasteiger partial charge in [0.05, 0.1) is 11.4 Å². The van der Waals surface area contributed by atoms with Crippen molar-refractivity contribution in [1.29, 1.82) is 0 Å². The van der Waals surface area contributed by atoms with E-state index in [1.165, 1.54) is 4.90 Å². The highest BCUT2D eigenvalue weighted by Gasteiger charge is 2.48. The summed E-state index contributed by atoms with van der Waals surface area (Å²) < 4.78 is 7.07. The molecule has 2 amide bonds. The van der Waals surface area contributed by atoms with Crippen molar-refractivity contribution in [3.63, 3.8) is 0 Å². The molecule has 1 saturated heterocycles. The van der Waals surface area contributed by atoms with Crippen LogP contribution in [0.25, 0.3) is 33.8 Å². The largest absolute Gasteiger partial charge is 0.373 e. The van der Waals surface area contributed by atoms with Crippen LogP contribution in [-0.4, -0.2) is 55.3 Å². The highest BCUT2D eigenvalue weighted by molar-refractivity contribution is 5.93. The SMILES string of the molecule is CN1CCC(O)(c2cc(-c3cccc(-c4cc(-c5ccnn5C)cc(C(N)=O)n4)c3)no2)C1=O. The van der Waals surface area contributed by atoms with Gasteiger partial charge in [-0.25, -0.2) is 4.98 Å². The van der Waals surface area contributed by atoms with Crippen LogP contribution in [0.3, 0.4) is 0 Å². The minimum Gasteiger partial charge on any atom is -0.373 e. The lowest BCUT2D eigenvalue weighted by Gasteiger charge is -2.16. The predicted octanol–water partition coefficient (Wildman–Crippen LogP) is 1.95. The second-order valence-corrected chi connectivity index (χ2v) is 8.32. The molecule has 1 aliphatic rings. The first-order chi connectivity index (χ1) is 16.3. The first-order valence-electron chi connectivity index (χ1n) is 10.6. The minimum atomic E-state index is -1.72. The standard InChI is InChI=1S/C24H22N6O4/c1-29-9-7-24(33,23(29)32)21-13-18(28-34-21)15-5-3-4-14(10-15)17-11-16(12-19(27-17)22(25)31)20-6-8-26-30(20)2/h3-6,8,10-13,33H,7,9H2,1-2H3,(H2,25,31). The quantitative estimate of drug-likeness (QED) is 0.466. The minimum absolute atomic E-state index is 0.106. The van der Waals surface area contributed by atoms with E-state index in [4.69, 9.17) is 10.3 Å². The van der Waals surface area contributed by atoms with Gasteiger partial charge >= 0.3 is 0 Å². The number of amides is 2. The van der Waals surface area contributed by atoms with Gasteiger partial charge in [0.15, 0.2) is 5.76 Å². The molecule has 1 aliphatic heterocycles. The molecule has 1 fully saturated rings. The Morgan fingerprint density at radius 2 is 1.85 bits per heavy atom. The van der Waals surface area contributed by atoms with Gasteiger partial charge < -0.3 is 20.3 Å². The van der Waals surface area contributed by atoms with Gasteiger partial charge in [-0.1, -0.05) is 23.4 Å². The van der Waals surface area contributed by atoms with Crippen molar-refractivity contribution in [2.45, 2.75) is 12.0 Å². The molecule has 1 atom stereocenters. The third-order valence-electron chi connectivity index (χ3n) is 6.08. The van der Waals surface area contributed by atoms with Crippen molar-refractivity contribution in [2.75, 3.05) is 13.6 Å². The first-order valence-corrected chi connectivity index (χ1v) is 10.6. The van der Waals surface area contributed by atoms with Crippen LogP contribution in [-0.2, 0) is 17.4 Å². The Labute approximate surface area is 194 Å². The van der Waals surface area contributed by atoms with Gasteiger partial charge in [-0.3, -0.25) is 14.3 Å². The number of likely N-dealkylation sites (tertiary alicyclic amines) is 1. The maximum Gasteiger partial charge on any atom is 0.267 e. The summed E-state index contributed by atoms with van der Waals surface area (Å²) >= 11 is 0. The topological polar surface area (TPSA) is 140 Å². The van der Waals surface area contributed by atoms with E-state index in [1.807, 2.05) is 43.4 Å². The van der Waals surface area contributed by atoms with Crippen LogP contribution < -0.4 is 5.73 Å². The fourth-order valence-corrected chi connectivity index (χ4v) is 4.14. The number of aromatic nitrogens is 4. The molecule has 0 bridgehead atoms. The normalized spacial score (nSPS) is 18.0. The Hall–Kier alpha value is -4.31. The number of likely N-dealkylation sites (N-methyl/N-ethyl adjacent to an activating group) is 1. The monoisotopic (exact) mass is 458 g/mol. The molecule has 4 aromatic rings. The molecule has 3 aromatic heterocycles. The second kappa shape index (κ2) is 7.92. The molecule has 172 valence electrons. The Bertz CT molecular complexity index is 1420. The maximum atomic E-state index is 12.4. The Kier molecular flexibility index (Phi) is 5.02. The van der Waals surface area contributed by atoms with Crippen LogP contribution in [0.5, 0.6) is 0 Å². The molecule has 1 unspecified atom stereocenters. The summed E-state index contributed by atoms with van der Waals surface area (Å²) in [6, 6.07) is 14.2. The molecule has 0 saturated carbocycles. The summed E-state index contributed by atoms with van der Waals surface area (Å²) in [7, 11) is 3.44. The van der Waals surface area contributed by atoms with E-state index in [0.717, 1.165) is 16.8 Å². The van der Waals surface area contributed by atoms with Gasteiger partial charge in [0.1, 0.15) is 11.4 Å². The van der Waals surface area contributed by atoms with E-state index in [2.05, 4.69) is 15.2 Å². The van der Waals surface area contributed by atoms with Crippen LogP contribution in [0, 0.1) is 0 Å². The number of pyridine rings is 1. The Morgan fingerprint density at radius 1 is 1.09 bits per heavy atom. The second-order valence-electron chi connectivity index (χ2n) is 8.32. The fraction of sp³-hybridized carbons (Fsp3) is 0.208. The molecule has 0 spiro atoms.